The molecule has 2 aromatic rings. The molecule has 124 valence electrons. The smallest absolute Gasteiger partial charge is 0.356 e. The minimum Gasteiger partial charge on any atom is -0.464 e. The number of hydrogen-bond acceptors (Lipinski definition) is 3. The van der Waals surface area contributed by atoms with E-state index < -0.39 is 0 Å². The van der Waals surface area contributed by atoms with Gasteiger partial charge in [0, 0.05) is 10.8 Å². The van der Waals surface area contributed by atoms with Gasteiger partial charge in [0.25, 0.3) is 0 Å². The fraction of sp³-hybridized carbons (Fsp3) is 0.524. The molecule has 4 fully saturated rings. The summed E-state index contributed by atoms with van der Waals surface area (Å²) in [5.74, 6) is 2.25. The fourth-order valence-corrected chi connectivity index (χ4v) is 6.21. The van der Waals surface area contributed by atoms with Gasteiger partial charge in [0.2, 0.25) is 0 Å². The predicted molar refractivity (Wildman–Crippen MR) is 92.9 cm³/mol. The zero-order valence-corrected chi connectivity index (χ0v) is 14.1. The number of carbonyl (C=O) groups is 1. The number of methoxy groups -OCH3 is 1. The van der Waals surface area contributed by atoms with Crippen LogP contribution in [0.4, 0.5) is 0 Å². The molecule has 4 aliphatic carbocycles. The lowest BCUT2D eigenvalue weighted by Gasteiger charge is -2.56. The highest BCUT2D eigenvalue weighted by atomic mass is 16.5. The summed E-state index contributed by atoms with van der Waals surface area (Å²) in [6, 6.07) is 10.3. The third-order valence-corrected chi connectivity index (χ3v) is 6.68. The number of esters is 1. The number of pyridine rings is 1. The number of aromatic nitrogens is 1. The van der Waals surface area contributed by atoms with Crippen molar-refractivity contribution in [3.8, 4) is 0 Å². The summed E-state index contributed by atoms with van der Waals surface area (Å²) in [6.07, 6.45) is 7.98. The number of hydrogen-bond donors (Lipinski definition) is 0. The number of carbonyl (C=O) groups excluding carboxylic acids is 1. The molecule has 0 aliphatic heterocycles. The van der Waals surface area contributed by atoms with Gasteiger partial charge in [-0.15, -0.1) is 0 Å². The summed E-state index contributed by atoms with van der Waals surface area (Å²) in [7, 11) is 1.43. The first kappa shape index (κ1) is 14.4. The van der Waals surface area contributed by atoms with Crippen LogP contribution < -0.4 is 0 Å². The SMILES string of the molecule is COC(=O)c1cc2ccccc2c(C23CC4CC(CC(C4)C2)C3)n1. The standard InChI is InChI=1S/C21H23NO2/c1-24-20(23)18-9-16-4-2-3-5-17(16)19(22-18)21-10-13-6-14(11-21)8-15(7-13)12-21/h2-5,9,13-15H,6-8,10-12H2,1H3. The molecule has 4 saturated carbocycles. The van der Waals surface area contributed by atoms with Gasteiger partial charge in [0.15, 0.2) is 0 Å². The molecular weight excluding hydrogens is 298 g/mol. The highest BCUT2D eigenvalue weighted by Gasteiger charge is 2.52. The molecule has 0 N–H and O–H groups in total. The lowest BCUT2D eigenvalue weighted by molar-refractivity contribution is -0.00654. The Bertz CT molecular complexity index is 790. The van der Waals surface area contributed by atoms with Crippen molar-refractivity contribution in [2.24, 2.45) is 17.8 Å². The molecular formula is C21H23NO2. The molecule has 1 aromatic carbocycles. The second-order valence-corrected chi connectivity index (χ2v) is 8.27. The molecule has 1 aromatic heterocycles. The van der Waals surface area contributed by atoms with Crippen molar-refractivity contribution in [2.75, 3.05) is 7.11 Å². The van der Waals surface area contributed by atoms with E-state index in [4.69, 9.17) is 9.72 Å². The molecule has 0 radical (unpaired) electrons. The molecule has 24 heavy (non-hydrogen) atoms. The van der Waals surface area contributed by atoms with E-state index in [1.54, 1.807) is 0 Å². The molecule has 0 atom stereocenters. The average Bonchev–Trinajstić information content (AvgIpc) is 2.59. The largest absolute Gasteiger partial charge is 0.464 e. The Kier molecular flexibility index (Phi) is 3.04. The normalized spacial score (nSPS) is 33.8. The minimum atomic E-state index is -0.327. The van der Waals surface area contributed by atoms with E-state index in [1.807, 2.05) is 12.1 Å². The number of fused-ring (bicyclic) bond motifs is 1. The van der Waals surface area contributed by atoms with Gasteiger partial charge in [-0.2, -0.15) is 0 Å². The van der Waals surface area contributed by atoms with Crippen molar-refractivity contribution in [1.82, 2.24) is 4.98 Å². The third kappa shape index (κ3) is 2.03. The van der Waals surface area contributed by atoms with Gasteiger partial charge in [-0.1, -0.05) is 24.3 Å². The Morgan fingerprint density at radius 1 is 1.08 bits per heavy atom. The Hall–Kier alpha value is -1.90. The highest BCUT2D eigenvalue weighted by molar-refractivity contribution is 5.94. The van der Waals surface area contributed by atoms with Gasteiger partial charge in [0.1, 0.15) is 5.69 Å². The third-order valence-electron chi connectivity index (χ3n) is 6.68. The van der Waals surface area contributed by atoms with Crippen molar-refractivity contribution in [3.05, 3.63) is 41.7 Å². The van der Waals surface area contributed by atoms with Crippen LogP contribution in [0, 0.1) is 17.8 Å². The molecule has 0 unspecified atom stereocenters. The summed E-state index contributed by atoms with van der Waals surface area (Å²) in [4.78, 5) is 17.0. The molecule has 3 heteroatoms. The number of benzene rings is 1. The zero-order chi connectivity index (χ0) is 16.3. The molecule has 6 rings (SSSR count). The van der Waals surface area contributed by atoms with Crippen molar-refractivity contribution >= 4 is 16.7 Å². The second-order valence-electron chi connectivity index (χ2n) is 8.27. The average molecular weight is 321 g/mol. The van der Waals surface area contributed by atoms with E-state index in [1.165, 1.54) is 56.7 Å². The molecule has 4 aliphatic rings. The van der Waals surface area contributed by atoms with E-state index >= 15 is 0 Å². The lowest BCUT2D eigenvalue weighted by atomic mass is 9.48. The van der Waals surface area contributed by atoms with Crippen LogP contribution in [0.5, 0.6) is 0 Å². The van der Waals surface area contributed by atoms with Crippen LogP contribution in [-0.2, 0) is 10.2 Å². The molecule has 1 heterocycles. The van der Waals surface area contributed by atoms with E-state index in [2.05, 4.69) is 18.2 Å². The first-order chi connectivity index (χ1) is 11.7. The summed E-state index contributed by atoms with van der Waals surface area (Å²) in [6.45, 7) is 0. The van der Waals surface area contributed by atoms with Gasteiger partial charge in [-0.25, -0.2) is 9.78 Å². The number of rotatable bonds is 2. The summed E-state index contributed by atoms with van der Waals surface area (Å²) < 4.78 is 4.96. The van der Waals surface area contributed by atoms with E-state index in [9.17, 15) is 4.79 Å². The Morgan fingerprint density at radius 3 is 2.33 bits per heavy atom. The first-order valence-corrected chi connectivity index (χ1v) is 9.15. The van der Waals surface area contributed by atoms with Crippen LogP contribution in [0.25, 0.3) is 10.8 Å². The van der Waals surface area contributed by atoms with Crippen LogP contribution in [0.1, 0.15) is 54.7 Å². The van der Waals surface area contributed by atoms with E-state index in [-0.39, 0.29) is 11.4 Å². The maximum atomic E-state index is 12.2. The second kappa shape index (κ2) is 5.05. The molecule has 3 nitrogen and oxygen atoms in total. The monoisotopic (exact) mass is 321 g/mol. The molecule has 0 amide bonds. The lowest BCUT2D eigenvalue weighted by Crippen LogP contribution is -2.49. The van der Waals surface area contributed by atoms with Gasteiger partial charge >= 0.3 is 5.97 Å². The van der Waals surface area contributed by atoms with E-state index in [0.717, 1.165) is 23.1 Å². The van der Waals surface area contributed by atoms with Gasteiger partial charge < -0.3 is 4.74 Å². The quantitative estimate of drug-likeness (QED) is 0.765. The maximum absolute atomic E-state index is 12.2. The minimum absolute atomic E-state index is 0.179. The van der Waals surface area contributed by atoms with Crippen LogP contribution >= 0.6 is 0 Å². The van der Waals surface area contributed by atoms with Crippen LogP contribution in [0.2, 0.25) is 0 Å². The summed E-state index contributed by atoms with van der Waals surface area (Å²) in [5.41, 5.74) is 1.81. The van der Waals surface area contributed by atoms with Crippen LogP contribution in [0.3, 0.4) is 0 Å². The zero-order valence-electron chi connectivity index (χ0n) is 14.1. The van der Waals surface area contributed by atoms with Crippen LogP contribution in [-0.4, -0.2) is 18.1 Å². The van der Waals surface area contributed by atoms with Crippen LogP contribution in [0.15, 0.2) is 30.3 Å². The molecule has 4 bridgehead atoms. The Morgan fingerprint density at radius 2 is 1.71 bits per heavy atom. The highest BCUT2D eigenvalue weighted by Crippen LogP contribution is 2.61. The first-order valence-electron chi connectivity index (χ1n) is 9.15. The molecule has 0 saturated heterocycles. The van der Waals surface area contributed by atoms with Crippen molar-refractivity contribution in [2.45, 2.75) is 43.9 Å². The van der Waals surface area contributed by atoms with Crippen molar-refractivity contribution in [3.63, 3.8) is 0 Å². The summed E-state index contributed by atoms with van der Waals surface area (Å²) in [5, 5.41) is 2.34. The number of nitrogens with zero attached hydrogens (tertiary/aromatic N) is 1. The predicted octanol–water partition coefficient (Wildman–Crippen LogP) is 4.49. The Balaban J connectivity index is 1.72. The van der Waals surface area contributed by atoms with Gasteiger partial charge in [-0.3, -0.25) is 0 Å². The summed E-state index contributed by atoms with van der Waals surface area (Å²) >= 11 is 0. The molecule has 0 spiro atoms. The topological polar surface area (TPSA) is 39.2 Å². The van der Waals surface area contributed by atoms with Crippen molar-refractivity contribution < 1.29 is 9.53 Å². The number of ether oxygens (including phenoxy) is 1. The van der Waals surface area contributed by atoms with Gasteiger partial charge in [0.05, 0.1) is 12.8 Å². The Labute approximate surface area is 142 Å². The van der Waals surface area contributed by atoms with E-state index in [0.29, 0.717) is 5.69 Å². The fourth-order valence-electron chi connectivity index (χ4n) is 6.21. The van der Waals surface area contributed by atoms with Crippen molar-refractivity contribution in [1.29, 1.82) is 0 Å². The maximum Gasteiger partial charge on any atom is 0.356 e. The van der Waals surface area contributed by atoms with Gasteiger partial charge in [-0.05, 0) is 67.7 Å².